The third kappa shape index (κ3) is 2.20. The second-order valence-corrected chi connectivity index (χ2v) is 6.24. The summed E-state index contributed by atoms with van der Waals surface area (Å²) in [4.78, 5) is 10.5. The van der Waals surface area contributed by atoms with Gasteiger partial charge in [-0.05, 0) is 20.9 Å². The lowest BCUT2D eigenvalue weighted by molar-refractivity contribution is -1.32. The molecule has 0 aliphatic carbocycles. The van der Waals surface area contributed by atoms with Crippen LogP contribution in [0.3, 0.4) is 0 Å². The van der Waals surface area contributed by atoms with Gasteiger partial charge in [-0.15, -0.1) is 0 Å². The number of aromatic amines is 1. The first-order valence-corrected chi connectivity index (χ1v) is 8.39. The zero-order chi connectivity index (χ0) is 17.8. The molecule has 6 heterocycles. The van der Waals surface area contributed by atoms with Gasteiger partial charge in [0.2, 0.25) is 5.52 Å². The first-order valence-electron chi connectivity index (χ1n) is 8.39. The van der Waals surface area contributed by atoms with Crippen molar-refractivity contribution in [3.63, 3.8) is 0 Å². The van der Waals surface area contributed by atoms with E-state index in [2.05, 4.69) is 15.1 Å². The van der Waals surface area contributed by atoms with Crippen LogP contribution in [-0.2, 0) is 0 Å². The Bertz CT molecular complexity index is 1410. The normalized spacial score (nSPS) is 11.7. The zero-order valence-electron chi connectivity index (χ0n) is 14.0. The molecule has 0 spiro atoms. The molecule has 1 N–H and O–H groups in total. The summed E-state index contributed by atoms with van der Waals surface area (Å²) in [6.45, 7) is 0. The quantitative estimate of drug-likeness (QED) is 0.478. The summed E-state index contributed by atoms with van der Waals surface area (Å²) >= 11 is 0. The first kappa shape index (κ1) is 14.1. The summed E-state index contributed by atoms with van der Waals surface area (Å²) in [5, 5.41) is 6.23. The number of nitrogens with one attached hydrogen (secondary N) is 1. The smallest absolute Gasteiger partial charge is 0.365 e. The van der Waals surface area contributed by atoms with Crippen LogP contribution in [0.25, 0.3) is 38.7 Å². The molecule has 8 nitrogen and oxygen atoms in total. The molecule has 6 aromatic rings. The van der Waals surface area contributed by atoms with Gasteiger partial charge in [0.25, 0.3) is 6.20 Å². The number of fused-ring (bicyclic) bond motifs is 3. The van der Waals surface area contributed by atoms with E-state index in [1.807, 2.05) is 64.7 Å². The highest BCUT2D eigenvalue weighted by Crippen LogP contribution is 2.16. The summed E-state index contributed by atoms with van der Waals surface area (Å²) in [5.41, 5.74) is 2.53. The molecule has 0 saturated heterocycles. The standard InChI is InChI=1S/C19H13N6O2/c1-4-20-8-14-12-25(22-16(1)14)23-5-2-17-15(10-23)11-24(27-17)19-7-18-13(9-21-19)3-6-26-18/h1-12,22H/q+3. The van der Waals surface area contributed by atoms with E-state index >= 15 is 0 Å². The lowest BCUT2D eigenvalue weighted by Gasteiger charge is -1.87. The van der Waals surface area contributed by atoms with E-state index in [1.54, 1.807) is 23.4 Å². The predicted octanol–water partition coefficient (Wildman–Crippen LogP) is 1.61. The SMILES string of the molecule is c1cc2[nH][n+](-[n+]3ccc4o[n+](-c5cc6occc6cn5)cc4c3)cc2cn1. The second-order valence-electron chi connectivity index (χ2n) is 6.24. The number of pyridine rings is 3. The van der Waals surface area contributed by atoms with Crippen LogP contribution >= 0.6 is 0 Å². The fourth-order valence-electron chi connectivity index (χ4n) is 3.16. The molecule has 0 amide bonds. The van der Waals surface area contributed by atoms with Gasteiger partial charge in [0.05, 0.1) is 17.7 Å². The molecule has 27 heavy (non-hydrogen) atoms. The number of aromatic nitrogens is 6. The van der Waals surface area contributed by atoms with Gasteiger partial charge in [-0.3, -0.25) is 9.51 Å². The van der Waals surface area contributed by atoms with Gasteiger partial charge in [-0.25, -0.2) is 0 Å². The largest absolute Gasteiger partial charge is 0.464 e. The Kier molecular flexibility index (Phi) is 2.73. The average molecular weight is 357 g/mol. The number of furan rings is 1. The summed E-state index contributed by atoms with van der Waals surface area (Å²) in [5.74, 6) is 0.657. The van der Waals surface area contributed by atoms with Crippen molar-refractivity contribution in [2.24, 2.45) is 0 Å². The monoisotopic (exact) mass is 357 g/mol. The van der Waals surface area contributed by atoms with Crippen molar-refractivity contribution in [3.05, 3.63) is 73.9 Å². The fourth-order valence-corrected chi connectivity index (χ4v) is 3.16. The van der Waals surface area contributed by atoms with Crippen LogP contribution in [-0.4, -0.2) is 15.1 Å². The molecular weight excluding hydrogens is 344 g/mol. The van der Waals surface area contributed by atoms with Gasteiger partial charge in [0.1, 0.15) is 21.1 Å². The van der Waals surface area contributed by atoms with Crippen molar-refractivity contribution in [3.8, 4) is 5.82 Å². The minimum atomic E-state index is 0.657. The van der Waals surface area contributed by atoms with Gasteiger partial charge < -0.3 is 4.42 Å². The number of hydrogen-bond donors (Lipinski definition) is 1. The van der Waals surface area contributed by atoms with E-state index in [0.717, 1.165) is 32.8 Å². The van der Waals surface area contributed by atoms with Crippen molar-refractivity contribution in [2.75, 3.05) is 0 Å². The van der Waals surface area contributed by atoms with Crippen LogP contribution in [0.15, 0.2) is 82.8 Å². The minimum absolute atomic E-state index is 0.657. The average Bonchev–Trinajstić information content (AvgIpc) is 3.42. The first-order chi connectivity index (χ1) is 13.3. The maximum absolute atomic E-state index is 5.90. The molecule has 0 aliphatic rings. The molecule has 0 fully saturated rings. The van der Waals surface area contributed by atoms with Crippen molar-refractivity contribution in [1.29, 1.82) is 0 Å². The number of nitrogens with zero attached hydrogens (tertiary/aromatic N) is 5. The topological polar surface area (TPSA) is 79.5 Å². The van der Waals surface area contributed by atoms with Crippen LogP contribution in [0.4, 0.5) is 0 Å². The van der Waals surface area contributed by atoms with Crippen molar-refractivity contribution in [2.45, 2.75) is 0 Å². The lowest BCUT2D eigenvalue weighted by Crippen LogP contribution is -2.66. The highest BCUT2D eigenvalue weighted by Gasteiger charge is 2.21. The molecule has 128 valence electrons. The van der Waals surface area contributed by atoms with E-state index in [0.29, 0.717) is 5.82 Å². The Labute approximate surface area is 151 Å². The molecule has 0 atom stereocenters. The number of rotatable bonds is 2. The van der Waals surface area contributed by atoms with Crippen LogP contribution in [0.1, 0.15) is 0 Å². The van der Waals surface area contributed by atoms with E-state index in [-0.39, 0.29) is 0 Å². The van der Waals surface area contributed by atoms with Gasteiger partial charge in [0.15, 0.2) is 30.4 Å². The van der Waals surface area contributed by atoms with Crippen LogP contribution < -0.4 is 14.2 Å². The highest BCUT2D eigenvalue weighted by molar-refractivity contribution is 5.77. The third-order valence-corrected chi connectivity index (χ3v) is 4.53. The van der Waals surface area contributed by atoms with Gasteiger partial charge in [-0.1, -0.05) is 0 Å². The molecule has 6 rings (SSSR count). The van der Waals surface area contributed by atoms with Gasteiger partial charge in [-0.2, -0.15) is 0 Å². The maximum Gasteiger partial charge on any atom is 0.365 e. The molecule has 6 aromatic heterocycles. The summed E-state index contributed by atoms with van der Waals surface area (Å²) < 4.78 is 14.9. The van der Waals surface area contributed by atoms with Crippen molar-refractivity contribution < 1.29 is 23.1 Å². The Morgan fingerprint density at radius 2 is 1.93 bits per heavy atom. The Balaban J connectivity index is 1.46. The van der Waals surface area contributed by atoms with Crippen LogP contribution in [0.5, 0.6) is 0 Å². The van der Waals surface area contributed by atoms with Gasteiger partial charge in [0, 0.05) is 29.2 Å². The van der Waals surface area contributed by atoms with Crippen molar-refractivity contribution >= 4 is 32.8 Å². The minimum Gasteiger partial charge on any atom is -0.464 e. The Hall–Kier alpha value is -4.07. The molecule has 8 heteroatoms. The number of H-pyrrole nitrogens is 1. The third-order valence-electron chi connectivity index (χ3n) is 4.53. The van der Waals surface area contributed by atoms with E-state index in [9.17, 15) is 0 Å². The summed E-state index contributed by atoms with van der Waals surface area (Å²) in [6.07, 6.45) is 14.8. The Morgan fingerprint density at radius 1 is 0.926 bits per heavy atom. The summed E-state index contributed by atoms with van der Waals surface area (Å²) in [6, 6.07) is 7.58. The summed E-state index contributed by atoms with van der Waals surface area (Å²) in [7, 11) is 0. The maximum atomic E-state index is 5.90. The lowest BCUT2D eigenvalue weighted by atomic mass is 10.3. The molecule has 0 aromatic carbocycles. The van der Waals surface area contributed by atoms with Crippen LogP contribution in [0, 0.1) is 0 Å². The van der Waals surface area contributed by atoms with Gasteiger partial charge >= 0.3 is 5.82 Å². The highest BCUT2D eigenvalue weighted by atomic mass is 16.5. The second kappa shape index (κ2) is 5.21. The zero-order valence-corrected chi connectivity index (χ0v) is 14.0. The molecular formula is C19H13N6O2+3. The van der Waals surface area contributed by atoms with Crippen molar-refractivity contribution in [1.82, 2.24) is 15.1 Å². The van der Waals surface area contributed by atoms with E-state index < -0.39 is 0 Å². The molecule has 0 radical (unpaired) electrons. The molecule has 0 saturated carbocycles. The Morgan fingerprint density at radius 3 is 2.89 bits per heavy atom. The number of hydrogen-bond acceptors (Lipinski definition) is 4. The van der Waals surface area contributed by atoms with Crippen LogP contribution in [0.2, 0.25) is 0 Å². The van der Waals surface area contributed by atoms with E-state index in [1.165, 1.54) is 0 Å². The fraction of sp³-hybridized carbons (Fsp3) is 0. The van der Waals surface area contributed by atoms with E-state index in [4.69, 9.17) is 8.94 Å². The molecule has 0 unspecified atom stereocenters. The predicted molar refractivity (Wildman–Crippen MR) is 92.6 cm³/mol. The molecule has 0 aliphatic heterocycles. The molecule has 0 bridgehead atoms.